The summed E-state index contributed by atoms with van der Waals surface area (Å²) in [6, 6.07) is 2.75. The molecule has 0 amide bonds. The summed E-state index contributed by atoms with van der Waals surface area (Å²) >= 11 is 11.5. The van der Waals surface area contributed by atoms with E-state index >= 15 is 0 Å². The van der Waals surface area contributed by atoms with Crippen molar-refractivity contribution in [2.24, 2.45) is 0 Å². The van der Waals surface area contributed by atoms with Gasteiger partial charge in [-0.15, -0.1) is 0 Å². The van der Waals surface area contributed by atoms with E-state index < -0.39 is 22.0 Å². The van der Waals surface area contributed by atoms with E-state index in [2.05, 4.69) is 0 Å². The molecule has 0 aliphatic carbocycles. The average molecular weight is 323 g/mol. The van der Waals surface area contributed by atoms with Crippen molar-refractivity contribution in [3.8, 4) is 0 Å². The summed E-state index contributed by atoms with van der Waals surface area (Å²) in [6.07, 6.45) is 0.738. The van der Waals surface area contributed by atoms with Crippen molar-refractivity contribution in [2.45, 2.75) is 23.8 Å². The molecular weight excluding hydrogens is 313 g/mol. The summed E-state index contributed by atoms with van der Waals surface area (Å²) in [5, 5.41) is 11.3. The molecule has 1 aliphatic rings. The summed E-state index contributed by atoms with van der Waals surface area (Å²) in [5.41, 5.74) is 0. The van der Waals surface area contributed by atoms with Gasteiger partial charge in [-0.3, -0.25) is 0 Å². The maximum atomic E-state index is 12.3. The molecule has 1 aliphatic heterocycles. The minimum Gasteiger partial charge on any atom is -0.548 e. The zero-order chi connectivity index (χ0) is 14.2. The van der Waals surface area contributed by atoms with Gasteiger partial charge >= 0.3 is 0 Å². The molecule has 1 heterocycles. The van der Waals surface area contributed by atoms with Crippen molar-refractivity contribution in [2.75, 3.05) is 6.54 Å². The number of nitrogens with zero attached hydrogens (tertiary/aromatic N) is 1. The zero-order valence-corrected chi connectivity index (χ0v) is 12.0. The second-order valence-corrected chi connectivity index (χ2v) is 6.87. The Hall–Kier alpha value is -0.820. The van der Waals surface area contributed by atoms with E-state index in [1.807, 2.05) is 0 Å². The summed E-state index contributed by atoms with van der Waals surface area (Å²) < 4.78 is 25.6. The lowest BCUT2D eigenvalue weighted by molar-refractivity contribution is -0.309. The zero-order valence-electron chi connectivity index (χ0n) is 9.68. The summed E-state index contributed by atoms with van der Waals surface area (Å²) in [4.78, 5) is 10.9. The van der Waals surface area contributed by atoms with Crippen LogP contribution in [0.3, 0.4) is 0 Å². The van der Waals surface area contributed by atoms with E-state index in [0.717, 1.165) is 4.31 Å². The lowest BCUT2D eigenvalue weighted by Gasteiger charge is -2.24. The van der Waals surface area contributed by atoms with Gasteiger partial charge in [-0.05, 0) is 31.0 Å². The van der Waals surface area contributed by atoms with Gasteiger partial charge in [-0.2, -0.15) is 4.31 Å². The molecule has 0 bridgehead atoms. The second-order valence-electron chi connectivity index (χ2n) is 4.17. The van der Waals surface area contributed by atoms with Gasteiger partial charge in [0, 0.05) is 6.54 Å². The van der Waals surface area contributed by atoms with Crippen LogP contribution in [-0.4, -0.2) is 31.3 Å². The molecule has 1 aromatic rings. The minimum absolute atomic E-state index is 0.0740. The number of hydrogen-bond acceptors (Lipinski definition) is 4. The lowest BCUT2D eigenvalue weighted by Crippen LogP contribution is -2.46. The Morgan fingerprint density at radius 3 is 2.58 bits per heavy atom. The van der Waals surface area contributed by atoms with Crippen LogP contribution < -0.4 is 5.11 Å². The highest BCUT2D eigenvalue weighted by atomic mass is 35.5. The topological polar surface area (TPSA) is 77.5 Å². The molecule has 8 heteroatoms. The molecule has 0 N–H and O–H groups in total. The quantitative estimate of drug-likeness (QED) is 0.828. The maximum Gasteiger partial charge on any atom is 0.243 e. The number of sulfonamides is 1. The van der Waals surface area contributed by atoms with Crippen molar-refractivity contribution >= 4 is 39.2 Å². The normalized spacial score (nSPS) is 20.6. The maximum absolute atomic E-state index is 12.3. The van der Waals surface area contributed by atoms with Crippen LogP contribution >= 0.6 is 23.2 Å². The third kappa shape index (κ3) is 2.72. The van der Waals surface area contributed by atoms with Crippen molar-refractivity contribution < 1.29 is 18.3 Å². The van der Waals surface area contributed by atoms with Gasteiger partial charge in [0.2, 0.25) is 10.0 Å². The van der Waals surface area contributed by atoms with E-state index in [1.54, 1.807) is 0 Å². The number of rotatable bonds is 3. The summed E-state index contributed by atoms with van der Waals surface area (Å²) in [7, 11) is -3.90. The van der Waals surface area contributed by atoms with Crippen LogP contribution in [0, 0.1) is 0 Å². The van der Waals surface area contributed by atoms with Crippen LogP contribution in [0.4, 0.5) is 0 Å². The minimum atomic E-state index is -3.90. The fraction of sp³-hybridized carbons (Fsp3) is 0.364. The van der Waals surface area contributed by atoms with Crippen LogP contribution in [0.15, 0.2) is 23.1 Å². The first-order chi connectivity index (χ1) is 8.84. The van der Waals surface area contributed by atoms with Crippen LogP contribution in [0.25, 0.3) is 0 Å². The molecule has 1 unspecified atom stereocenters. The molecule has 0 saturated carbocycles. The number of benzene rings is 1. The van der Waals surface area contributed by atoms with Crippen LogP contribution in [0.5, 0.6) is 0 Å². The van der Waals surface area contributed by atoms with Crippen LogP contribution in [0.1, 0.15) is 12.8 Å². The largest absolute Gasteiger partial charge is 0.548 e. The third-order valence-electron chi connectivity index (χ3n) is 2.97. The Labute approximate surface area is 120 Å². The van der Waals surface area contributed by atoms with Crippen LogP contribution in [-0.2, 0) is 14.8 Å². The Kier molecular flexibility index (Phi) is 4.06. The molecule has 1 fully saturated rings. The Morgan fingerprint density at radius 1 is 1.32 bits per heavy atom. The van der Waals surface area contributed by atoms with E-state index in [-0.39, 0.29) is 27.9 Å². The van der Waals surface area contributed by atoms with Crippen molar-refractivity contribution in [3.05, 3.63) is 28.2 Å². The van der Waals surface area contributed by atoms with E-state index in [4.69, 9.17) is 23.2 Å². The van der Waals surface area contributed by atoms with Crippen molar-refractivity contribution in [1.82, 2.24) is 4.31 Å². The molecule has 1 saturated heterocycles. The second kappa shape index (κ2) is 5.28. The average Bonchev–Trinajstić information content (AvgIpc) is 2.82. The highest BCUT2D eigenvalue weighted by molar-refractivity contribution is 7.89. The Morgan fingerprint density at radius 2 is 2.00 bits per heavy atom. The first kappa shape index (κ1) is 14.6. The van der Waals surface area contributed by atoms with Gasteiger partial charge in [0.05, 0.1) is 27.0 Å². The monoisotopic (exact) mass is 322 g/mol. The molecule has 104 valence electrons. The number of carboxylic acids is 1. The Balaban J connectivity index is 2.42. The number of hydrogen-bond donors (Lipinski definition) is 0. The molecule has 1 atom stereocenters. The number of aliphatic carboxylic acids is 1. The molecule has 0 aromatic heterocycles. The molecule has 1 aromatic carbocycles. The molecule has 0 radical (unpaired) electrons. The smallest absolute Gasteiger partial charge is 0.243 e. The molecule has 0 spiro atoms. The first-order valence-corrected chi connectivity index (χ1v) is 7.71. The number of carbonyl (C=O) groups excluding carboxylic acids is 1. The summed E-state index contributed by atoms with van der Waals surface area (Å²) in [5.74, 6) is -1.39. The summed E-state index contributed by atoms with van der Waals surface area (Å²) in [6.45, 7) is 0.154. The molecule has 19 heavy (non-hydrogen) atoms. The Bertz CT molecular complexity index is 617. The van der Waals surface area contributed by atoms with Crippen molar-refractivity contribution in [1.29, 1.82) is 0 Å². The standard InChI is InChI=1S/C11H11Cl2NO4S/c12-8-4-3-7(6-9(8)13)19(17,18)14-5-1-2-10(14)11(15)16/h3-4,6,10H,1-2,5H2,(H,15,16)/p-1. The highest BCUT2D eigenvalue weighted by Crippen LogP contribution is 2.30. The van der Waals surface area contributed by atoms with Gasteiger partial charge in [0.1, 0.15) is 0 Å². The highest BCUT2D eigenvalue weighted by Gasteiger charge is 2.36. The van der Waals surface area contributed by atoms with Gasteiger partial charge in [-0.1, -0.05) is 23.2 Å². The van der Waals surface area contributed by atoms with Gasteiger partial charge in [-0.25, -0.2) is 8.42 Å². The van der Waals surface area contributed by atoms with Gasteiger partial charge in [0.25, 0.3) is 0 Å². The SMILES string of the molecule is O=C([O-])C1CCCN1S(=O)(=O)c1ccc(Cl)c(Cl)c1. The van der Waals surface area contributed by atoms with E-state index in [1.165, 1.54) is 18.2 Å². The number of carboxylic acid groups (broad SMARTS) is 1. The van der Waals surface area contributed by atoms with E-state index in [9.17, 15) is 18.3 Å². The first-order valence-electron chi connectivity index (χ1n) is 5.52. The fourth-order valence-corrected chi connectivity index (χ4v) is 4.07. The molecule has 5 nitrogen and oxygen atoms in total. The van der Waals surface area contributed by atoms with Gasteiger partial charge < -0.3 is 9.90 Å². The lowest BCUT2D eigenvalue weighted by atomic mass is 10.2. The predicted octanol–water partition coefficient (Wildman–Crippen LogP) is 0.896. The fourth-order valence-electron chi connectivity index (χ4n) is 2.04. The molecule has 2 rings (SSSR count). The van der Waals surface area contributed by atoms with Crippen LogP contribution in [0.2, 0.25) is 10.0 Å². The van der Waals surface area contributed by atoms with E-state index in [0.29, 0.717) is 6.42 Å². The number of carbonyl (C=O) groups is 1. The van der Waals surface area contributed by atoms with Gasteiger partial charge in [0.15, 0.2) is 0 Å². The predicted molar refractivity (Wildman–Crippen MR) is 68.4 cm³/mol. The number of halogens is 2. The van der Waals surface area contributed by atoms with Crippen molar-refractivity contribution in [3.63, 3.8) is 0 Å². The molecular formula is C11H10Cl2NO4S-. The third-order valence-corrected chi connectivity index (χ3v) is 5.62.